The van der Waals surface area contributed by atoms with Crippen molar-refractivity contribution in [1.82, 2.24) is 5.32 Å². The minimum Gasteiger partial charge on any atom is -0.395 e. The van der Waals surface area contributed by atoms with Gasteiger partial charge in [0.1, 0.15) is 6.04 Å². The van der Waals surface area contributed by atoms with Crippen LogP contribution in [0.5, 0.6) is 11.5 Å². The Morgan fingerprint density at radius 2 is 1.90 bits per heavy atom. The van der Waals surface area contributed by atoms with E-state index in [-0.39, 0.29) is 27.8 Å². The number of fused-ring (bicyclic) bond motifs is 1. The number of benzene rings is 2. The lowest BCUT2D eigenvalue weighted by atomic mass is 10.1. The van der Waals surface area contributed by atoms with E-state index >= 15 is 0 Å². The van der Waals surface area contributed by atoms with Gasteiger partial charge in [0.05, 0.1) is 10.6 Å². The van der Waals surface area contributed by atoms with Crippen LogP contribution in [-0.4, -0.2) is 36.2 Å². The highest BCUT2D eigenvalue weighted by molar-refractivity contribution is 7.98. The topological polar surface area (TPSA) is 76.7 Å². The largest absolute Gasteiger partial charge is 0.586 e. The first kappa shape index (κ1) is 21.2. The molecule has 1 aliphatic heterocycles. The SMILES string of the molecule is CSCCC(NC(=O)c1ccccc1Cl)C(=O)Nc1ccc2c(c1)OC(F)(F)O2. The zero-order valence-corrected chi connectivity index (χ0v) is 16.8. The molecule has 0 saturated heterocycles. The Bertz CT molecular complexity index is 929. The molecule has 2 aromatic carbocycles. The lowest BCUT2D eigenvalue weighted by Crippen LogP contribution is -2.44. The predicted molar refractivity (Wildman–Crippen MR) is 107 cm³/mol. The highest BCUT2D eigenvalue weighted by Crippen LogP contribution is 2.42. The van der Waals surface area contributed by atoms with E-state index in [0.717, 1.165) is 0 Å². The molecule has 2 aromatic rings. The average molecular weight is 443 g/mol. The molecule has 154 valence electrons. The smallest absolute Gasteiger partial charge is 0.395 e. The Morgan fingerprint density at radius 3 is 2.62 bits per heavy atom. The van der Waals surface area contributed by atoms with Crippen molar-refractivity contribution in [3.8, 4) is 11.5 Å². The minimum absolute atomic E-state index is 0.126. The molecule has 1 atom stereocenters. The van der Waals surface area contributed by atoms with Gasteiger partial charge in [0, 0.05) is 11.8 Å². The summed E-state index contributed by atoms with van der Waals surface area (Å²) in [6, 6.07) is 9.55. The number of alkyl halides is 2. The maximum atomic E-state index is 13.1. The molecule has 6 nitrogen and oxygen atoms in total. The van der Waals surface area contributed by atoms with Gasteiger partial charge < -0.3 is 20.1 Å². The minimum atomic E-state index is -3.74. The summed E-state index contributed by atoms with van der Waals surface area (Å²) >= 11 is 7.56. The molecule has 0 fully saturated rings. The van der Waals surface area contributed by atoms with Gasteiger partial charge in [0.2, 0.25) is 5.91 Å². The summed E-state index contributed by atoms with van der Waals surface area (Å²) < 4.78 is 35.0. The third-order valence-corrected chi connectivity index (χ3v) is 4.99. The summed E-state index contributed by atoms with van der Waals surface area (Å²) in [7, 11) is 0. The van der Waals surface area contributed by atoms with Gasteiger partial charge in [0.15, 0.2) is 11.5 Å². The van der Waals surface area contributed by atoms with E-state index in [9.17, 15) is 18.4 Å². The van der Waals surface area contributed by atoms with Crippen LogP contribution in [0.25, 0.3) is 0 Å². The van der Waals surface area contributed by atoms with E-state index in [1.54, 1.807) is 24.3 Å². The van der Waals surface area contributed by atoms with Gasteiger partial charge in [-0.25, -0.2) is 0 Å². The van der Waals surface area contributed by atoms with Crippen molar-refractivity contribution in [2.24, 2.45) is 0 Å². The van der Waals surface area contributed by atoms with E-state index in [1.807, 2.05) is 6.26 Å². The Morgan fingerprint density at radius 1 is 1.17 bits per heavy atom. The summed E-state index contributed by atoms with van der Waals surface area (Å²) in [5.74, 6) is -0.673. The lowest BCUT2D eigenvalue weighted by Gasteiger charge is -2.18. The van der Waals surface area contributed by atoms with Crippen molar-refractivity contribution in [2.45, 2.75) is 18.8 Å². The Hall–Kier alpha value is -2.52. The van der Waals surface area contributed by atoms with Gasteiger partial charge >= 0.3 is 6.29 Å². The zero-order valence-electron chi connectivity index (χ0n) is 15.2. The number of amides is 2. The molecule has 29 heavy (non-hydrogen) atoms. The van der Waals surface area contributed by atoms with Gasteiger partial charge in [-0.05, 0) is 42.7 Å². The van der Waals surface area contributed by atoms with Crippen LogP contribution in [0.1, 0.15) is 16.8 Å². The monoisotopic (exact) mass is 442 g/mol. The Kier molecular flexibility index (Phi) is 6.49. The summed E-state index contributed by atoms with van der Waals surface area (Å²) in [6.07, 6.45) is -1.50. The van der Waals surface area contributed by atoms with Gasteiger partial charge in [0.25, 0.3) is 5.91 Å². The molecule has 0 saturated carbocycles. The Labute approximate surface area is 174 Å². The normalized spacial score (nSPS) is 14.9. The maximum absolute atomic E-state index is 13.1. The van der Waals surface area contributed by atoms with E-state index in [1.165, 1.54) is 30.0 Å². The van der Waals surface area contributed by atoms with Gasteiger partial charge in [-0.3, -0.25) is 9.59 Å². The third kappa shape index (κ3) is 5.30. The summed E-state index contributed by atoms with van der Waals surface area (Å²) in [4.78, 5) is 25.2. The summed E-state index contributed by atoms with van der Waals surface area (Å²) in [5.41, 5.74) is 0.484. The highest BCUT2D eigenvalue weighted by atomic mass is 35.5. The fourth-order valence-corrected chi connectivity index (χ4v) is 3.33. The second kappa shape index (κ2) is 8.87. The molecule has 0 aliphatic carbocycles. The molecule has 0 bridgehead atoms. The second-order valence-corrected chi connectivity index (χ2v) is 7.50. The van der Waals surface area contributed by atoms with E-state index in [4.69, 9.17) is 11.6 Å². The van der Waals surface area contributed by atoms with Crippen molar-refractivity contribution in [1.29, 1.82) is 0 Å². The molecular weight excluding hydrogens is 426 g/mol. The number of carbonyl (C=O) groups is 2. The number of halogens is 3. The Balaban J connectivity index is 1.71. The van der Waals surface area contributed by atoms with E-state index in [0.29, 0.717) is 12.2 Å². The van der Waals surface area contributed by atoms with Gasteiger partial charge in [-0.2, -0.15) is 11.8 Å². The van der Waals surface area contributed by atoms with Gasteiger partial charge in [-0.1, -0.05) is 23.7 Å². The van der Waals surface area contributed by atoms with Crippen LogP contribution in [-0.2, 0) is 4.79 Å². The molecule has 2 amide bonds. The highest BCUT2D eigenvalue weighted by Gasteiger charge is 2.43. The second-order valence-electron chi connectivity index (χ2n) is 6.11. The number of anilines is 1. The molecule has 1 heterocycles. The molecule has 1 unspecified atom stereocenters. The number of thioether (sulfide) groups is 1. The summed E-state index contributed by atoms with van der Waals surface area (Å²) in [5, 5.41) is 5.54. The maximum Gasteiger partial charge on any atom is 0.586 e. The standard InChI is InChI=1S/C19H17ClF2N2O4S/c1-29-9-8-14(24-17(25)12-4-2-3-5-13(12)20)18(26)23-11-6-7-15-16(10-11)28-19(21,22)27-15/h2-7,10,14H,8-9H2,1H3,(H,23,26)(H,24,25). The average Bonchev–Trinajstić information content (AvgIpc) is 2.98. The van der Waals surface area contributed by atoms with Crippen LogP contribution >= 0.6 is 23.4 Å². The number of rotatable bonds is 7. The van der Waals surface area contributed by atoms with Crippen LogP contribution in [0.15, 0.2) is 42.5 Å². The first-order valence-corrected chi connectivity index (χ1v) is 10.3. The lowest BCUT2D eigenvalue weighted by molar-refractivity contribution is -0.286. The number of nitrogens with one attached hydrogen (secondary N) is 2. The third-order valence-electron chi connectivity index (χ3n) is 4.02. The van der Waals surface area contributed by atoms with Crippen LogP contribution in [0, 0.1) is 0 Å². The van der Waals surface area contributed by atoms with Crippen LogP contribution < -0.4 is 20.1 Å². The number of carbonyl (C=O) groups excluding carboxylic acids is 2. The van der Waals surface area contributed by atoms with Crippen molar-refractivity contribution >= 4 is 40.9 Å². The quantitative estimate of drug-likeness (QED) is 0.673. The van der Waals surface area contributed by atoms with Crippen molar-refractivity contribution < 1.29 is 27.8 Å². The zero-order chi connectivity index (χ0) is 21.0. The molecule has 10 heteroatoms. The van der Waals surface area contributed by atoms with Crippen LogP contribution in [0.4, 0.5) is 14.5 Å². The number of hydrogen-bond donors (Lipinski definition) is 2. The first-order valence-electron chi connectivity index (χ1n) is 8.54. The number of ether oxygens (including phenoxy) is 2. The fourth-order valence-electron chi connectivity index (χ4n) is 2.64. The molecule has 0 aromatic heterocycles. The number of hydrogen-bond acceptors (Lipinski definition) is 5. The molecule has 0 radical (unpaired) electrons. The van der Waals surface area contributed by atoms with Crippen LogP contribution in [0.2, 0.25) is 5.02 Å². The molecule has 2 N–H and O–H groups in total. The van der Waals surface area contributed by atoms with Gasteiger partial charge in [-0.15, -0.1) is 8.78 Å². The fraction of sp³-hybridized carbons (Fsp3) is 0.263. The molecule has 1 aliphatic rings. The van der Waals surface area contributed by atoms with Crippen molar-refractivity contribution in [2.75, 3.05) is 17.3 Å². The van der Waals surface area contributed by atoms with E-state index in [2.05, 4.69) is 20.1 Å². The van der Waals surface area contributed by atoms with Crippen molar-refractivity contribution in [3.63, 3.8) is 0 Å². The van der Waals surface area contributed by atoms with E-state index < -0.39 is 24.2 Å². The predicted octanol–water partition coefficient (Wildman–Crippen LogP) is 4.15. The van der Waals surface area contributed by atoms with Crippen LogP contribution in [0.3, 0.4) is 0 Å². The molecule has 3 rings (SSSR count). The molecular formula is C19H17ClF2N2O4S. The van der Waals surface area contributed by atoms with Crippen molar-refractivity contribution in [3.05, 3.63) is 53.1 Å². The first-order chi connectivity index (χ1) is 13.8. The summed E-state index contributed by atoms with van der Waals surface area (Å²) in [6.45, 7) is 0. The molecule has 0 spiro atoms.